The fraction of sp³-hybridized carbons (Fsp3) is 1.00. The van der Waals surface area contributed by atoms with Crippen molar-refractivity contribution in [3.8, 4) is 0 Å². The number of hydrogen-bond acceptors (Lipinski definition) is 1. The van der Waals surface area contributed by atoms with E-state index in [2.05, 4.69) is 13.8 Å². The van der Waals surface area contributed by atoms with Crippen molar-refractivity contribution >= 4 is 0 Å². The molecule has 0 aliphatic heterocycles. The number of methoxy groups -OCH3 is 1. The molecule has 0 aliphatic carbocycles. The van der Waals surface area contributed by atoms with E-state index in [1.807, 2.05) is 13.8 Å². The van der Waals surface area contributed by atoms with Crippen LogP contribution in [0.2, 0.25) is 0 Å². The lowest BCUT2D eigenvalue weighted by Gasteiger charge is -2.06. The lowest BCUT2D eigenvalue weighted by Crippen LogP contribution is -2.02. The van der Waals surface area contributed by atoms with Gasteiger partial charge in [-0.1, -0.05) is 33.6 Å². The van der Waals surface area contributed by atoms with Crippen molar-refractivity contribution in [1.82, 2.24) is 0 Å². The quantitative estimate of drug-likeness (QED) is 0.591. The van der Waals surface area contributed by atoms with Gasteiger partial charge in [-0.25, -0.2) is 0 Å². The summed E-state index contributed by atoms with van der Waals surface area (Å²) in [6, 6.07) is 0. The van der Waals surface area contributed by atoms with Crippen LogP contribution in [0.15, 0.2) is 0 Å². The summed E-state index contributed by atoms with van der Waals surface area (Å²) in [4.78, 5) is 0. The van der Waals surface area contributed by atoms with Gasteiger partial charge in [0, 0.05) is 7.11 Å². The number of rotatable bonds is 4. The van der Waals surface area contributed by atoms with Crippen molar-refractivity contribution < 1.29 is 4.74 Å². The monoisotopic (exact) mass is 146 g/mol. The van der Waals surface area contributed by atoms with Crippen LogP contribution in [0.4, 0.5) is 0 Å². The van der Waals surface area contributed by atoms with Crippen LogP contribution in [0.3, 0.4) is 0 Å². The molecule has 1 unspecified atom stereocenters. The molecule has 1 heteroatoms. The minimum absolute atomic E-state index is 0.454. The molecular weight excluding hydrogens is 124 g/mol. The smallest absolute Gasteiger partial charge is 0.0543 e. The molecule has 1 nitrogen and oxygen atoms in total. The molecule has 0 fully saturated rings. The largest absolute Gasteiger partial charge is 0.382 e. The lowest BCUT2D eigenvalue weighted by atomic mass is 10.2. The number of ether oxygens (including phenoxy) is 1. The Morgan fingerprint density at radius 1 is 1.30 bits per heavy atom. The zero-order valence-electron chi connectivity index (χ0n) is 8.11. The third-order valence-corrected chi connectivity index (χ3v) is 1.37. The van der Waals surface area contributed by atoms with E-state index in [1.165, 1.54) is 19.3 Å². The van der Waals surface area contributed by atoms with Gasteiger partial charge >= 0.3 is 0 Å². The summed E-state index contributed by atoms with van der Waals surface area (Å²) in [6.45, 7) is 8.30. The van der Waals surface area contributed by atoms with Gasteiger partial charge in [0.2, 0.25) is 0 Å². The summed E-state index contributed by atoms with van der Waals surface area (Å²) in [6.07, 6.45) is 4.21. The molecule has 1 atom stereocenters. The highest BCUT2D eigenvalue weighted by Crippen LogP contribution is 2.01. The normalized spacial score (nSPS) is 11.7. The molecule has 0 aromatic heterocycles. The van der Waals surface area contributed by atoms with Gasteiger partial charge in [0.15, 0.2) is 0 Å². The highest BCUT2D eigenvalue weighted by atomic mass is 16.5. The van der Waals surface area contributed by atoms with Gasteiger partial charge in [-0.2, -0.15) is 0 Å². The molecule has 0 aromatic rings. The van der Waals surface area contributed by atoms with Gasteiger partial charge in [-0.05, 0) is 13.3 Å². The predicted octanol–water partition coefficient (Wildman–Crippen LogP) is 3.24. The molecule has 0 radical (unpaired) electrons. The van der Waals surface area contributed by atoms with Crippen LogP contribution in [-0.4, -0.2) is 13.2 Å². The van der Waals surface area contributed by atoms with E-state index in [4.69, 9.17) is 4.74 Å². The molecule has 0 heterocycles. The minimum atomic E-state index is 0.454. The van der Waals surface area contributed by atoms with Gasteiger partial charge in [0.1, 0.15) is 0 Å². The van der Waals surface area contributed by atoms with Gasteiger partial charge in [-0.15, -0.1) is 0 Å². The molecule has 0 bridgehead atoms. The van der Waals surface area contributed by atoms with Gasteiger partial charge in [0.05, 0.1) is 6.10 Å². The van der Waals surface area contributed by atoms with Crippen LogP contribution in [0.25, 0.3) is 0 Å². The van der Waals surface area contributed by atoms with Crippen molar-refractivity contribution in [3.05, 3.63) is 0 Å². The Balaban J connectivity index is 0. The third kappa shape index (κ3) is 10.9. The molecule has 64 valence electrons. The maximum absolute atomic E-state index is 5.05. The van der Waals surface area contributed by atoms with E-state index in [0.717, 1.165) is 0 Å². The number of hydrogen-bond donors (Lipinski definition) is 0. The second-order valence-corrected chi connectivity index (χ2v) is 2.19. The SMILES string of the molecule is CC.CCCCC(C)OC. The Hall–Kier alpha value is -0.0400. The first-order valence-electron chi connectivity index (χ1n) is 4.34. The van der Waals surface area contributed by atoms with Crippen LogP contribution < -0.4 is 0 Å². The summed E-state index contributed by atoms with van der Waals surface area (Å²) >= 11 is 0. The second-order valence-electron chi connectivity index (χ2n) is 2.19. The molecule has 0 spiro atoms. The Labute approximate surface area is 65.8 Å². The maximum atomic E-state index is 5.05. The topological polar surface area (TPSA) is 9.23 Å². The fourth-order valence-electron chi connectivity index (χ4n) is 0.609. The average Bonchev–Trinajstić information content (AvgIpc) is 2.04. The highest BCUT2D eigenvalue weighted by Gasteiger charge is 1.94. The average molecular weight is 146 g/mol. The van der Waals surface area contributed by atoms with Crippen molar-refractivity contribution in [2.45, 2.75) is 53.1 Å². The van der Waals surface area contributed by atoms with Gasteiger partial charge in [-0.3, -0.25) is 0 Å². The molecule has 10 heavy (non-hydrogen) atoms. The van der Waals surface area contributed by atoms with Crippen LogP contribution in [0.5, 0.6) is 0 Å². The Morgan fingerprint density at radius 3 is 2.10 bits per heavy atom. The first-order valence-corrected chi connectivity index (χ1v) is 4.34. The fourth-order valence-corrected chi connectivity index (χ4v) is 0.609. The second kappa shape index (κ2) is 11.7. The summed E-state index contributed by atoms with van der Waals surface area (Å²) in [5.74, 6) is 0. The Bertz CT molecular complexity index is 44.0. The Kier molecular flexibility index (Phi) is 14.8. The third-order valence-electron chi connectivity index (χ3n) is 1.37. The van der Waals surface area contributed by atoms with Gasteiger partial charge in [0.25, 0.3) is 0 Å². The van der Waals surface area contributed by atoms with Crippen molar-refractivity contribution in [3.63, 3.8) is 0 Å². The molecule has 0 amide bonds. The molecule has 0 N–H and O–H groups in total. The van der Waals surface area contributed by atoms with Crippen LogP contribution in [0.1, 0.15) is 47.0 Å². The van der Waals surface area contributed by atoms with E-state index in [0.29, 0.717) is 6.10 Å². The van der Waals surface area contributed by atoms with Crippen LogP contribution in [0, 0.1) is 0 Å². The molecule has 0 aliphatic rings. The van der Waals surface area contributed by atoms with E-state index < -0.39 is 0 Å². The van der Waals surface area contributed by atoms with Crippen molar-refractivity contribution in [2.24, 2.45) is 0 Å². The van der Waals surface area contributed by atoms with E-state index >= 15 is 0 Å². The Morgan fingerprint density at radius 2 is 1.80 bits per heavy atom. The van der Waals surface area contributed by atoms with E-state index in [1.54, 1.807) is 7.11 Å². The molecule has 0 saturated carbocycles. The highest BCUT2D eigenvalue weighted by molar-refractivity contribution is 4.46. The summed E-state index contributed by atoms with van der Waals surface area (Å²) in [5.41, 5.74) is 0. The van der Waals surface area contributed by atoms with Gasteiger partial charge < -0.3 is 4.74 Å². The maximum Gasteiger partial charge on any atom is 0.0543 e. The minimum Gasteiger partial charge on any atom is -0.382 e. The van der Waals surface area contributed by atoms with Crippen molar-refractivity contribution in [2.75, 3.05) is 7.11 Å². The molecule has 0 aromatic carbocycles. The summed E-state index contributed by atoms with van der Waals surface area (Å²) < 4.78 is 5.05. The first-order chi connectivity index (χ1) is 4.81. The zero-order valence-corrected chi connectivity index (χ0v) is 8.11. The molecule has 0 saturated heterocycles. The molecule has 0 rings (SSSR count). The zero-order chi connectivity index (χ0) is 8.41. The standard InChI is InChI=1S/C7H16O.C2H6/c1-4-5-6-7(2)8-3;1-2/h7H,4-6H2,1-3H3;1-2H3. The molecular formula is C9H22O. The van der Waals surface area contributed by atoms with E-state index in [9.17, 15) is 0 Å². The first kappa shape index (κ1) is 12.6. The lowest BCUT2D eigenvalue weighted by molar-refractivity contribution is 0.109. The van der Waals surface area contributed by atoms with E-state index in [-0.39, 0.29) is 0 Å². The predicted molar refractivity (Wildman–Crippen MR) is 47.3 cm³/mol. The summed E-state index contributed by atoms with van der Waals surface area (Å²) in [5, 5.41) is 0. The van der Waals surface area contributed by atoms with Crippen LogP contribution in [-0.2, 0) is 4.74 Å². The summed E-state index contributed by atoms with van der Waals surface area (Å²) in [7, 11) is 1.76. The number of unbranched alkanes of at least 4 members (excludes halogenated alkanes) is 1. The van der Waals surface area contributed by atoms with Crippen LogP contribution >= 0.6 is 0 Å². The van der Waals surface area contributed by atoms with Crippen molar-refractivity contribution in [1.29, 1.82) is 0 Å².